The number of ether oxygens (including phenoxy) is 1. The molecule has 2 unspecified atom stereocenters. The molecule has 0 aromatic heterocycles. The molecule has 21 heavy (non-hydrogen) atoms. The smallest absolute Gasteiger partial charge is 0.120 e. The van der Waals surface area contributed by atoms with Crippen LogP contribution in [0.2, 0.25) is 0 Å². The predicted molar refractivity (Wildman–Crippen MR) is 83.4 cm³/mol. The Morgan fingerprint density at radius 2 is 2.19 bits per heavy atom. The monoisotopic (exact) mass is 284 g/mol. The molecule has 2 aliphatic carbocycles. The van der Waals surface area contributed by atoms with Gasteiger partial charge < -0.3 is 4.74 Å². The van der Waals surface area contributed by atoms with E-state index in [9.17, 15) is 5.26 Å². The minimum Gasteiger partial charge on any atom is -0.490 e. The molecule has 0 spiro atoms. The lowest BCUT2D eigenvalue weighted by Crippen LogP contribution is -2.49. The van der Waals surface area contributed by atoms with E-state index in [0.29, 0.717) is 0 Å². The summed E-state index contributed by atoms with van der Waals surface area (Å²) in [5, 5.41) is 12.9. The van der Waals surface area contributed by atoms with Gasteiger partial charge >= 0.3 is 0 Å². The molecular formula is C18H24N2O. The van der Waals surface area contributed by atoms with Gasteiger partial charge in [-0.1, -0.05) is 13.0 Å². The Bertz CT molecular complexity index is 545. The Kier molecular flexibility index (Phi) is 4.17. The van der Waals surface area contributed by atoms with Crippen LogP contribution in [0, 0.1) is 11.3 Å². The molecule has 3 rings (SSSR count). The molecule has 0 aliphatic heterocycles. The fourth-order valence-electron chi connectivity index (χ4n) is 3.78. The van der Waals surface area contributed by atoms with Gasteiger partial charge in [0.2, 0.25) is 0 Å². The van der Waals surface area contributed by atoms with Crippen molar-refractivity contribution in [3.05, 3.63) is 29.3 Å². The molecule has 1 saturated carbocycles. The number of aryl methyl sites for hydroxylation is 2. The summed E-state index contributed by atoms with van der Waals surface area (Å²) in [5.74, 6) is 0.978. The maximum absolute atomic E-state index is 9.52. The summed E-state index contributed by atoms with van der Waals surface area (Å²) in [6, 6.07) is 9.00. The largest absolute Gasteiger partial charge is 0.490 e. The van der Waals surface area contributed by atoms with Crippen LogP contribution < -0.4 is 10.1 Å². The lowest BCUT2D eigenvalue weighted by molar-refractivity contribution is 0.113. The minimum atomic E-state index is -0.394. The van der Waals surface area contributed by atoms with Crippen LogP contribution in [0.15, 0.2) is 18.2 Å². The summed E-state index contributed by atoms with van der Waals surface area (Å²) >= 11 is 0. The van der Waals surface area contributed by atoms with Crippen LogP contribution in [-0.2, 0) is 12.8 Å². The highest BCUT2D eigenvalue weighted by Gasteiger charge is 2.36. The third-order valence-corrected chi connectivity index (χ3v) is 4.81. The predicted octanol–water partition coefficient (Wildman–Crippen LogP) is 3.37. The van der Waals surface area contributed by atoms with Crippen molar-refractivity contribution in [2.75, 3.05) is 6.54 Å². The molecule has 0 heterocycles. The molecular weight excluding hydrogens is 260 g/mol. The Balaban J connectivity index is 1.69. The molecule has 3 heteroatoms. The zero-order valence-electron chi connectivity index (χ0n) is 12.8. The number of fused-ring (bicyclic) bond motifs is 1. The van der Waals surface area contributed by atoms with Crippen LogP contribution in [-0.4, -0.2) is 18.2 Å². The van der Waals surface area contributed by atoms with Crippen LogP contribution in [0.3, 0.4) is 0 Å². The topological polar surface area (TPSA) is 45.0 Å². The highest BCUT2D eigenvalue weighted by Crippen LogP contribution is 2.32. The fourth-order valence-corrected chi connectivity index (χ4v) is 3.78. The average Bonchev–Trinajstić information content (AvgIpc) is 2.95. The quantitative estimate of drug-likeness (QED) is 0.922. The molecule has 2 atom stereocenters. The normalized spacial score (nSPS) is 27.9. The zero-order chi connectivity index (χ0) is 14.7. The Hall–Kier alpha value is -1.53. The first kappa shape index (κ1) is 14.4. The summed E-state index contributed by atoms with van der Waals surface area (Å²) in [6.07, 6.45) is 7.61. The lowest BCUT2D eigenvalue weighted by Gasteiger charge is -2.36. The molecule has 2 aliphatic rings. The zero-order valence-corrected chi connectivity index (χ0v) is 12.8. The van der Waals surface area contributed by atoms with Crippen LogP contribution in [0.4, 0.5) is 0 Å². The fraction of sp³-hybridized carbons (Fsp3) is 0.611. The Morgan fingerprint density at radius 1 is 1.33 bits per heavy atom. The van der Waals surface area contributed by atoms with Crippen LogP contribution >= 0.6 is 0 Å². The number of nitrogens with zero attached hydrogens (tertiary/aromatic N) is 1. The maximum Gasteiger partial charge on any atom is 0.120 e. The van der Waals surface area contributed by atoms with Gasteiger partial charge in [-0.3, -0.25) is 5.32 Å². The van der Waals surface area contributed by atoms with Crippen LogP contribution in [0.1, 0.15) is 50.2 Å². The minimum absolute atomic E-state index is 0.150. The molecule has 1 aromatic carbocycles. The van der Waals surface area contributed by atoms with Gasteiger partial charge in [-0.25, -0.2) is 0 Å². The van der Waals surface area contributed by atoms with Crippen molar-refractivity contribution in [2.24, 2.45) is 0 Å². The summed E-state index contributed by atoms with van der Waals surface area (Å²) in [7, 11) is 0. The van der Waals surface area contributed by atoms with E-state index in [-0.39, 0.29) is 6.10 Å². The summed E-state index contributed by atoms with van der Waals surface area (Å²) in [4.78, 5) is 0. The van der Waals surface area contributed by atoms with E-state index in [1.54, 1.807) is 0 Å². The van der Waals surface area contributed by atoms with E-state index < -0.39 is 5.54 Å². The lowest BCUT2D eigenvalue weighted by atomic mass is 9.81. The van der Waals surface area contributed by atoms with E-state index >= 15 is 0 Å². The number of nitriles is 1. The van der Waals surface area contributed by atoms with Gasteiger partial charge in [0.1, 0.15) is 17.4 Å². The summed E-state index contributed by atoms with van der Waals surface area (Å²) in [6.45, 7) is 2.89. The molecule has 0 saturated heterocycles. The first-order chi connectivity index (χ1) is 10.2. The molecule has 1 N–H and O–H groups in total. The van der Waals surface area contributed by atoms with Crippen molar-refractivity contribution < 1.29 is 4.74 Å². The third kappa shape index (κ3) is 3.06. The number of hydrogen-bond acceptors (Lipinski definition) is 3. The summed E-state index contributed by atoms with van der Waals surface area (Å²) < 4.78 is 6.19. The maximum atomic E-state index is 9.52. The molecule has 0 bridgehead atoms. The first-order valence-corrected chi connectivity index (χ1v) is 8.19. The van der Waals surface area contributed by atoms with Crippen molar-refractivity contribution in [1.29, 1.82) is 5.26 Å². The van der Waals surface area contributed by atoms with E-state index in [1.165, 1.54) is 30.4 Å². The number of rotatable bonds is 4. The van der Waals surface area contributed by atoms with Crippen molar-refractivity contribution >= 4 is 0 Å². The molecule has 112 valence electrons. The van der Waals surface area contributed by atoms with Gasteiger partial charge in [0.05, 0.1) is 6.07 Å². The molecule has 1 aromatic rings. The second kappa shape index (κ2) is 6.07. The second-order valence-corrected chi connectivity index (χ2v) is 6.34. The van der Waals surface area contributed by atoms with E-state index in [2.05, 4.69) is 36.5 Å². The van der Waals surface area contributed by atoms with Gasteiger partial charge in [0.25, 0.3) is 0 Å². The highest BCUT2D eigenvalue weighted by atomic mass is 16.5. The number of hydrogen-bond donors (Lipinski definition) is 1. The van der Waals surface area contributed by atoms with Gasteiger partial charge in [-0.05, 0) is 68.3 Å². The number of nitrogens with one attached hydrogen (secondary N) is 1. The van der Waals surface area contributed by atoms with E-state index in [0.717, 1.165) is 38.0 Å². The van der Waals surface area contributed by atoms with E-state index in [1.807, 2.05) is 0 Å². The number of benzene rings is 1. The van der Waals surface area contributed by atoms with Crippen molar-refractivity contribution in [1.82, 2.24) is 5.32 Å². The van der Waals surface area contributed by atoms with Gasteiger partial charge in [-0.2, -0.15) is 5.26 Å². The van der Waals surface area contributed by atoms with Gasteiger partial charge in [0, 0.05) is 6.42 Å². The van der Waals surface area contributed by atoms with Gasteiger partial charge in [0.15, 0.2) is 0 Å². The first-order valence-electron chi connectivity index (χ1n) is 8.19. The molecule has 0 radical (unpaired) electrons. The van der Waals surface area contributed by atoms with Crippen molar-refractivity contribution in [3.8, 4) is 11.8 Å². The van der Waals surface area contributed by atoms with Crippen molar-refractivity contribution in [3.63, 3.8) is 0 Å². The Morgan fingerprint density at radius 3 is 3.00 bits per heavy atom. The molecule has 3 nitrogen and oxygen atoms in total. The van der Waals surface area contributed by atoms with Crippen LogP contribution in [0.25, 0.3) is 0 Å². The van der Waals surface area contributed by atoms with Gasteiger partial charge in [-0.15, -0.1) is 0 Å². The highest BCUT2D eigenvalue weighted by molar-refractivity contribution is 5.38. The molecule has 1 fully saturated rings. The second-order valence-electron chi connectivity index (χ2n) is 6.34. The summed E-state index contributed by atoms with van der Waals surface area (Å²) in [5.41, 5.74) is 2.53. The van der Waals surface area contributed by atoms with E-state index in [4.69, 9.17) is 4.74 Å². The third-order valence-electron chi connectivity index (χ3n) is 4.81. The van der Waals surface area contributed by atoms with Crippen LogP contribution in [0.5, 0.6) is 5.75 Å². The standard InChI is InChI=1S/C18H24N2O/c1-2-20-18(13-19)10-4-7-17(12-18)21-16-9-8-14-5-3-6-15(14)11-16/h8-9,11,17,20H,2-7,10,12H2,1H3. The van der Waals surface area contributed by atoms with Crippen molar-refractivity contribution in [2.45, 2.75) is 63.5 Å². The Labute approximate surface area is 127 Å². The molecule has 0 amide bonds. The average molecular weight is 284 g/mol. The SMILES string of the molecule is CCNC1(C#N)CCCC(Oc2ccc3c(c2)CCC3)C1.